The normalized spacial score (nSPS) is 10.0. The maximum absolute atomic E-state index is 12.3. The van der Waals surface area contributed by atoms with Gasteiger partial charge in [0.2, 0.25) is 5.91 Å². The van der Waals surface area contributed by atoms with Crippen LogP contribution in [-0.4, -0.2) is 48.4 Å². The Morgan fingerprint density at radius 1 is 1.24 bits per heavy atom. The van der Waals surface area contributed by atoms with Gasteiger partial charge in [0.15, 0.2) is 0 Å². The zero-order valence-electron chi connectivity index (χ0n) is 13.7. The molecule has 7 nitrogen and oxygen atoms in total. The molecule has 1 aromatic carbocycles. The quantitative estimate of drug-likeness (QED) is 0.825. The summed E-state index contributed by atoms with van der Waals surface area (Å²) in [6.07, 6.45) is 1.25. The minimum atomic E-state index is -0.541. The van der Waals surface area contributed by atoms with Gasteiger partial charge in [-0.1, -0.05) is 17.7 Å². The molecule has 1 heterocycles. The second kappa shape index (κ2) is 8.25. The molecule has 0 fully saturated rings. The second-order valence-electron chi connectivity index (χ2n) is 5.14. The van der Waals surface area contributed by atoms with Gasteiger partial charge in [-0.2, -0.15) is 0 Å². The predicted molar refractivity (Wildman–Crippen MR) is 92.6 cm³/mol. The fourth-order valence-corrected chi connectivity index (χ4v) is 2.20. The maximum atomic E-state index is 12.3. The van der Waals surface area contributed by atoms with Gasteiger partial charge in [-0.3, -0.25) is 14.6 Å². The number of rotatable bonds is 5. The van der Waals surface area contributed by atoms with Crippen LogP contribution in [0.1, 0.15) is 20.8 Å². The second-order valence-corrected chi connectivity index (χ2v) is 5.58. The molecule has 2 rings (SSSR count). The van der Waals surface area contributed by atoms with E-state index in [1.54, 1.807) is 24.3 Å². The lowest BCUT2D eigenvalue weighted by atomic mass is 10.2. The number of carbonyl (C=O) groups is 3. The predicted octanol–water partition coefficient (Wildman–Crippen LogP) is 2.23. The Morgan fingerprint density at radius 3 is 2.60 bits per heavy atom. The van der Waals surface area contributed by atoms with Crippen LogP contribution >= 0.6 is 11.6 Å². The van der Waals surface area contributed by atoms with Crippen molar-refractivity contribution in [2.75, 3.05) is 26.0 Å². The van der Waals surface area contributed by atoms with Gasteiger partial charge in [0, 0.05) is 24.0 Å². The largest absolute Gasteiger partial charge is 0.465 e. The number of ether oxygens (including phenoxy) is 1. The van der Waals surface area contributed by atoms with E-state index in [1.165, 1.54) is 37.4 Å². The summed E-state index contributed by atoms with van der Waals surface area (Å²) in [5.41, 5.74) is 0.894. The van der Waals surface area contributed by atoms with E-state index in [1.807, 2.05) is 0 Å². The van der Waals surface area contributed by atoms with Crippen molar-refractivity contribution >= 4 is 35.1 Å². The number of amides is 2. The Labute approximate surface area is 149 Å². The van der Waals surface area contributed by atoms with Crippen LogP contribution in [0.3, 0.4) is 0 Å². The lowest BCUT2D eigenvalue weighted by molar-refractivity contribution is -0.116. The summed E-state index contributed by atoms with van der Waals surface area (Å²) < 4.78 is 4.57. The third-order valence-electron chi connectivity index (χ3n) is 3.24. The summed E-state index contributed by atoms with van der Waals surface area (Å²) in [5.74, 6) is -1.36. The first-order valence-corrected chi connectivity index (χ1v) is 7.63. The van der Waals surface area contributed by atoms with Crippen molar-refractivity contribution in [2.45, 2.75) is 0 Å². The third-order valence-corrected chi connectivity index (χ3v) is 3.47. The van der Waals surface area contributed by atoms with Crippen LogP contribution in [0.4, 0.5) is 5.69 Å². The van der Waals surface area contributed by atoms with E-state index >= 15 is 0 Å². The molecule has 130 valence electrons. The Balaban J connectivity index is 1.97. The van der Waals surface area contributed by atoms with Crippen molar-refractivity contribution in [3.63, 3.8) is 0 Å². The molecule has 0 saturated carbocycles. The highest BCUT2D eigenvalue weighted by atomic mass is 35.5. The van der Waals surface area contributed by atoms with Crippen LogP contribution in [0.25, 0.3) is 0 Å². The Kier molecular flexibility index (Phi) is 6.08. The molecule has 25 heavy (non-hydrogen) atoms. The summed E-state index contributed by atoms with van der Waals surface area (Å²) >= 11 is 5.85. The molecule has 0 bridgehead atoms. The molecule has 0 aliphatic rings. The summed E-state index contributed by atoms with van der Waals surface area (Å²) in [4.78, 5) is 40.8. The van der Waals surface area contributed by atoms with Gasteiger partial charge in [0.1, 0.15) is 5.69 Å². The molecule has 0 spiro atoms. The number of hydrogen-bond donors (Lipinski definition) is 1. The van der Waals surface area contributed by atoms with E-state index in [9.17, 15) is 14.4 Å². The number of benzene rings is 1. The molecular formula is C17H16ClN3O4. The topological polar surface area (TPSA) is 88.6 Å². The SMILES string of the molecule is COC(=O)c1ccc(C(=O)N(C)CC(=O)Nc2cccc(Cl)c2)nc1. The number of halogens is 1. The molecule has 2 aromatic rings. The van der Waals surface area contributed by atoms with E-state index in [0.717, 1.165) is 0 Å². The van der Waals surface area contributed by atoms with Crippen LogP contribution in [0.2, 0.25) is 5.02 Å². The maximum Gasteiger partial charge on any atom is 0.339 e. The van der Waals surface area contributed by atoms with Gasteiger partial charge >= 0.3 is 5.97 Å². The van der Waals surface area contributed by atoms with E-state index in [4.69, 9.17) is 11.6 Å². The van der Waals surface area contributed by atoms with E-state index in [0.29, 0.717) is 10.7 Å². The Bertz CT molecular complexity index is 793. The first-order valence-electron chi connectivity index (χ1n) is 7.26. The van der Waals surface area contributed by atoms with Gasteiger partial charge in [-0.25, -0.2) is 4.79 Å². The zero-order valence-corrected chi connectivity index (χ0v) is 14.4. The fraction of sp³-hybridized carbons (Fsp3) is 0.176. The highest BCUT2D eigenvalue weighted by molar-refractivity contribution is 6.30. The first-order chi connectivity index (χ1) is 11.9. The number of carbonyl (C=O) groups excluding carboxylic acids is 3. The molecule has 1 aromatic heterocycles. The average molecular weight is 362 g/mol. The van der Waals surface area contributed by atoms with Crippen molar-refractivity contribution in [1.29, 1.82) is 0 Å². The molecule has 0 aliphatic carbocycles. The Morgan fingerprint density at radius 2 is 2.00 bits per heavy atom. The number of anilines is 1. The first kappa shape index (κ1) is 18.4. The molecular weight excluding hydrogens is 346 g/mol. The van der Waals surface area contributed by atoms with Gasteiger partial charge in [0.25, 0.3) is 5.91 Å². The molecule has 0 atom stereocenters. The van der Waals surface area contributed by atoms with Crippen molar-refractivity contribution in [1.82, 2.24) is 9.88 Å². The fourth-order valence-electron chi connectivity index (χ4n) is 2.01. The summed E-state index contributed by atoms with van der Waals surface area (Å²) in [6, 6.07) is 9.54. The van der Waals surface area contributed by atoms with Gasteiger partial charge in [0.05, 0.1) is 19.2 Å². The molecule has 1 N–H and O–H groups in total. The number of hydrogen-bond acceptors (Lipinski definition) is 5. The van der Waals surface area contributed by atoms with E-state index < -0.39 is 11.9 Å². The standard InChI is InChI=1S/C17H16ClN3O4/c1-21(10-15(22)20-13-5-3-4-12(18)8-13)16(23)14-7-6-11(9-19-14)17(24)25-2/h3-9H,10H2,1-2H3,(H,20,22). The summed E-state index contributed by atoms with van der Waals surface area (Å²) in [5, 5.41) is 3.15. The van der Waals surface area contributed by atoms with E-state index in [2.05, 4.69) is 15.0 Å². The van der Waals surface area contributed by atoms with Crippen LogP contribution in [0, 0.1) is 0 Å². The van der Waals surface area contributed by atoms with Crippen molar-refractivity contribution in [3.8, 4) is 0 Å². The Hall–Kier alpha value is -2.93. The lowest BCUT2D eigenvalue weighted by Crippen LogP contribution is -2.35. The minimum absolute atomic E-state index is 0.116. The third kappa shape index (κ3) is 5.02. The molecule has 0 unspecified atom stereocenters. The van der Waals surface area contributed by atoms with Crippen LogP contribution in [0.15, 0.2) is 42.6 Å². The van der Waals surface area contributed by atoms with Crippen molar-refractivity contribution in [2.24, 2.45) is 0 Å². The number of pyridine rings is 1. The summed E-state index contributed by atoms with van der Waals surface area (Å²) in [6.45, 7) is -0.161. The highest BCUT2D eigenvalue weighted by Gasteiger charge is 2.17. The van der Waals surface area contributed by atoms with Gasteiger partial charge in [-0.05, 0) is 30.3 Å². The van der Waals surface area contributed by atoms with Gasteiger partial charge < -0.3 is 15.0 Å². The van der Waals surface area contributed by atoms with E-state index in [-0.39, 0.29) is 23.7 Å². The zero-order chi connectivity index (χ0) is 18.4. The number of methoxy groups -OCH3 is 1. The van der Waals surface area contributed by atoms with Crippen LogP contribution < -0.4 is 5.32 Å². The van der Waals surface area contributed by atoms with Crippen LogP contribution in [-0.2, 0) is 9.53 Å². The summed E-state index contributed by atoms with van der Waals surface area (Å²) in [7, 11) is 2.74. The number of nitrogens with zero attached hydrogens (tertiary/aromatic N) is 2. The average Bonchev–Trinajstić information content (AvgIpc) is 2.60. The monoisotopic (exact) mass is 361 g/mol. The van der Waals surface area contributed by atoms with Gasteiger partial charge in [-0.15, -0.1) is 0 Å². The molecule has 0 saturated heterocycles. The smallest absolute Gasteiger partial charge is 0.339 e. The van der Waals surface area contributed by atoms with Crippen molar-refractivity contribution in [3.05, 3.63) is 58.9 Å². The highest BCUT2D eigenvalue weighted by Crippen LogP contribution is 2.14. The minimum Gasteiger partial charge on any atom is -0.465 e. The number of nitrogens with one attached hydrogen (secondary N) is 1. The lowest BCUT2D eigenvalue weighted by Gasteiger charge is -2.16. The number of aromatic nitrogens is 1. The molecule has 0 radical (unpaired) electrons. The van der Waals surface area contributed by atoms with Crippen molar-refractivity contribution < 1.29 is 19.1 Å². The van der Waals surface area contributed by atoms with Crippen LogP contribution in [0.5, 0.6) is 0 Å². The molecule has 8 heteroatoms. The molecule has 2 amide bonds. The number of likely N-dealkylation sites (N-methyl/N-ethyl adjacent to an activating group) is 1. The number of esters is 1. The molecule has 0 aliphatic heterocycles.